The fourth-order valence-electron chi connectivity index (χ4n) is 1.92. The summed E-state index contributed by atoms with van der Waals surface area (Å²) < 4.78 is 43.0. The summed E-state index contributed by atoms with van der Waals surface area (Å²) in [5.41, 5.74) is 0.109. The number of ether oxygens (including phenoxy) is 1. The lowest BCUT2D eigenvalue weighted by atomic mass is 9.86. The van der Waals surface area contributed by atoms with E-state index in [1.54, 1.807) is 12.1 Å². The van der Waals surface area contributed by atoms with Crippen molar-refractivity contribution in [1.82, 2.24) is 4.98 Å². The first kappa shape index (κ1) is 17.0. The van der Waals surface area contributed by atoms with E-state index in [1.807, 2.05) is 26.8 Å². The summed E-state index contributed by atoms with van der Waals surface area (Å²) in [5.74, 6) is 0.418. The number of hydrogen-bond donors (Lipinski definition) is 0. The predicted octanol–water partition coefficient (Wildman–Crippen LogP) is 5.00. The third-order valence-electron chi connectivity index (χ3n) is 3.26. The normalized spacial score (nSPS) is 12.1. The molecule has 1 heterocycles. The molecule has 0 spiro atoms. The van der Waals surface area contributed by atoms with E-state index in [2.05, 4.69) is 4.98 Å². The largest absolute Gasteiger partial charge is 0.455 e. The molecule has 0 unspecified atom stereocenters. The zero-order valence-corrected chi connectivity index (χ0v) is 12.9. The zero-order chi connectivity index (χ0) is 17.3. The Kier molecular flexibility index (Phi) is 4.45. The molecule has 0 amide bonds. The highest BCUT2D eigenvalue weighted by Gasteiger charge is 2.32. The van der Waals surface area contributed by atoms with Crippen LogP contribution in [0.5, 0.6) is 11.5 Å². The van der Waals surface area contributed by atoms with Gasteiger partial charge >= 0.3 is 6.18 Å². The maximum Gasteiger partial charge on any atom is 0.433 e. The average Bonchev–Trinajstić information content (AvgIpc) is 2.46. The van der Waals surface area contributed by atoms with Gasteiger partial charge in [-0.25, -0.2) is 4.98 Å². The van der Waals surface area contributed by atoms with Crippen LogP contribution in [-0.4, -0.2) is 11.3 Å². The molecular weight excluding hydrogens is 307 g/mol. The Morgan fingerprint density at radius 1 is 1.09 bits per heavy atom. The SMILES string of the molecule is CC(C)(C)c1ccc(C=O)c(Oc2ccc(C(F)(F)F)nc2)c1. The predicted molar refractivity (Wildman–Crippen MR) is 79.8 cm³/mol. The van der Waals surface area contributed by atoms with Gasteiger partial charge in [-0.2, -0.15) is 13.2 Å². The molecule has 6 heteroatoms. The third kappa shape index (κ3) is 4.09. The first-order chi connectivity index (χ1) is 10.6. The molecule has 1 aromatic heterocycles. The first-order valence-electron chi connectivity index (χ1n) is 6.92. The number of carbonyl (C=O) groups excluding carboxylic acids is 1. The average molecular weight is 323 g/mol. The molecule has 2 rings (SSSR count). The van der Waals surface area contributed by atoms with Gasteiger partial charge in [-0.15, -0.1) is 0 Å². The lowest BCUT2D eigenvalue weighted by molar-refractivity contribution is -0.141. The molecule has 122 valence electrons. The first-order valence-corrected chi connectivity index (χ1v) is 6.92. The number of pyridine rings is 1. The van der Waals surface area contributed by atoms with Gasteiger partial charge in [-0.05, 0) is 35.2 Å². The fraction of sp³-hybridized carbons (Fsp3) is 0.294. The van der Waals surface area contributed by atoms with Gasteiger partial charge < -0.3 is 4.74 Å². The molecule has 0 aliphatic rings. The van der Waals surface area contributed by atoms with Crippen LogP contribution in [0.15, 0.2) is 36.5 Å². The Labute approximate surface area is 132 Å². The van der Waals surface area contributed by atoms with Crippen molar-refractivity contribution in [3.8, 4) is 11.5 Å². The van der Waals surface area contributed by atoms with Crippen molar-refractivity contribution >= 4 is 6.29 Å². The molecule has 0 bridgehead atoms. The van der Waals surface area contributed by atoms with Crippen LogP contribution in [0.1, 0.15) is 42.4 Å². The summed E-state index contributed by atoms with van der Waals surface area (Å²) in [6, 6.07) is 7.17. The highest BCUT2D eigenvalue weighted by molar-refractivity contribution is 5.79. The van der Waals surface area contributed by atoms with Gasteiger partial charge in [0, 0.05) is 0 Å². The second-order valence-corrected chi connectivity index (χ2v) is 6.10. The van der Waals surface area contributed by atoms with Gasteiger partial charge in [-0.3, -0.25) is 4.79 Å². The molecule has 23 heavy (non-hydrogen) atoms. The summed E-state index contributed by atoms with van der Waals surface area (Å²) >= 11 is 0. The standard InChI is InChI=1S/C17H16F3NO2/c1-16(2,3)12-5-4-11(10-22)14(8-12)23-13-6-7-15(21-9-13)17(18,19)20/h4-10H,1-3H3. The summed E-state index contributed by atoms with van der Waals surface area (Å²) in [6.45, 7) is 6.02. The topological polar surface area (TPSA) is 39.2 Å². The number of aromatic nitrogens is 1. The summed E-state index contributed by atoms with van der Waals surface area (Å²) in [7, 11) is 0. The van der Waals surface area contributed by atoms with Crippen LogP contribution >= 0.6 is 0 Å². The van der Waals surface area contributed by atoms with Gasteiger partial charge in [0.1, 0.15) is 17.2 Å². The summed E-state index contributed by atoms with van der Waals surface area (Å²) in [4.78, 5) is 14.5. The van der Waals surface area contributed by atoms with E-state index in [9.17, 15) is 18.0 Å². The van der Waals surface area contributed by atoms with Crippen molar-refractivity contribution < 1.29 is 22.7 Å². The Balaban J connectivity index is 2.33. The minimum atomic E-state index is -4.50. The van der Waals surface area contributed by atoms with Crippen LogP contribution in [0.25, 0.3) is 0 Å². The van der Waals surface area contributed by atoms with Crippen molar-refractivity contribution in [3.63, 3.8) is 0 Å². The van der Waals surface area contributed by atoms with Gasteiger partial charge in [0.05, 0.1) is 11.8 Å². The smallest absolute Gasteiger partial charge is 0.433 e. The molecule has 0 N–H and O–H groups in total. The Hall–Kier alpha value is -2.37. The molecule has 0 saturated carbocycles. The van der Waals surface area contributed by atoms with E-state index in [-0.39, 0.29) is 16.9 Å². The van der Waals surface area contributed by atoms with Crippen molar-refractivity contribution in [2.45, 2.75) is 32.4 Å². The number of halogens is 3. The van der Waals surface area contributed by atoms with E-state index in [0.717, 1.165) is 17.8 Å². The second kappa shape index (κ2) is 6.02. The summed E-state index contributed by atoms with van der Waals surface area (Å²) in [6.07, 6.45) is -2.88. The van der Waals surface area contributed by atoms with Crippen LogP contribution in [0, 0.1) is 0 Å². The van der Waals surface area contributed by atoms with E-state index in [0.29, 0.717) is 11.8 Å². The zero-order valence-electron chi connectivity index (χ0n) is 12.9. The maximum atomic E-state index is 12.5. The number of carbonyl (C=O) groups is 1. The van der Waals surface area contributed by atoms with Crippen LogP contribution in [0.3, 0.4) is 0 Å². The molecule has 3 nitrogen and oxygen atoms in total. The molecule has 0 fully saturated rings. The van der Waals surface area contributed by atoms with Crippen molar-refractivity contribution in [1.29, 1.82) is 0 Å². The van der Waals surface area contributed by atoms with Crippen LogP contribution in [-0.2, 0) is 11.6 Å². The Morgan fingerprint density at radius 3 is 2.26 bits per heavy atom. The highest BCUT2D eigenvalue weighted by Crippen LogP contribution is 2.32. The van der Waals surface area contributed by atoms with Crippen molar-refractivity contribution in [2.24, 2.45) is 0 Å². The number of nitrogens with zero attached hydrogens (tertiary/aromatic N) is 1. The van der Waals surface area contributed by atoms with Crippen LogP contribution in [0.4, 0.5) is 13.2 Å². The fourth-order valence-corrected chi connectivity index (χ4v) is 1.92. The molecule has 1 aromatic carbocycles. The number of rotatable bonds is 3. The molecular formula is C17H16F3NO2. The lowest BCUT2D eigenvalue weighted by Crippen LogP contribution is -2.11. The number of benzene rings is 1. The number of hydrogen-bond acceptors (Lipinski definition) is 3. The van der Waals surface area contributed by atoms with Crippen LogP contribution in [0.2, 0.25) is 0 Å². The van der Waals surface area contributed by atoms with Crippen LogP contribution < -0.4 is 4.74 Å². The van der Waals surface area contributed by atoms with Gasteiger partial charge in [0.25, 0.3) is 0 Å². The Bertz CT molecular complexity index is 701. The van der Waals surface area contributed by atoms with E-state index in [1.165, 1.54) is 6.07 Å². The second-order valence-electron chi connectivity index (χ2n) is 6.10. The number of aldehydes is 1. The molecule has 0 atom stereocenters. The molecule has 2 aromatic rings. The maximum absolute atomic E-state index is 12.5. The van der Waals surface area contributed by atoms with Crippen molar-refractivity contribution in [3.05, 3.63) is 53.3 Å². The monoisotopic (exact) mass is 323 g/mol. The van der Waals surface area contributed by atoms with Gasteiger partial charge in [-0.1, -0.05) is 26.8 Å². The summed E-state index contributed by atoms with van der Waals surface area (Å²) in [5, 5.41) is 0. The number of alkyl halides is 3. The quantitative estimate of drug-likeness (QED) is 0.746. The third-order valence-corrected chi connectivity index (χ3v) is 3.26. The minimum Gasteiger partial charge on any atom is -0.455 e. The van der Waals surface area contributed by atoms with Gasteiger partial charge in [0.15, 0.2) is 6.29 Å². The lowest BCUT2D eigenvalue weighted by Gasteiger charge is -2.20. The molecule has 0 aliphatic carbocycles. The van der Waals surface area contributed by atoms with Crippen molar-refractivity contribution in [2.75, 3.05) is 0 Å². The van der Waals surface area contributed by atoms with E-state index < -0.39 is 11.9 Å². The van der Waals surface area contributed by atoms with E-state index in [4.69, 9.17) is 4.74 Å². The van der Waals surface area contributed by atoms with Gasteiger partial charge in [0.2, 0.25) is 0 Å². The van der Waals surface area contributed by atoms with E-state index >= 15 is 0 Å². The Morgan fingerprint density at radius 2 is 1.78 bits per heavy atom. The highest BCUT2D eigenvalue weighted by atomic mass is 19.4. The molecule has 0 saturated heterocycles. The molecule has 0 radical (unpaired) electrons. The minimum absolute atomic E-state index is 0.132. The molecule has 0 aliphatic heterocycles.